The summed E-state index contributed by atoms with van der Waals surface area (Å²) in [5.74, 6) is -0.158. The molecule has 1 N–H and O–H groups in total. The van der Waals surface area contributed by atoms with Crippen molar-refractivity contribution >= 4 is 52.4 Å². The van der Waals surface area contributed by atoms with E-state index in [1.807, 2.05) is 13.8 Å². The molecule has 0 saturated heterocycles. The van der Waals surface area contributed by atoms with E-state index in [0.717, 1.165) is 18.4 Å². The number of nitrogens with one attached hydrogen (secondary N) is 1. The van der Waals surface area contributed by atoms with Crippen molar-refractivity contribution in [3.8, 4) is 5.75 Å². The van der Waals surface area contributed by atoms with Crippen LogP contribution in [0.15, 0.2) is 36.4 Å². The van der Waals surface area contributed by atoms with Gasteiger partial charge in [0.15, 0.2) is 0 Å². The Bertz CT molecular complexity index is 1040. The molecule has 0 saturated carbocycles. The van der Waals surface area contributed by atoms with Crippen LogP contribution in [-0.2, 0) is 14.3 Å². The third-order valence-corrected chi connectivity index (χ3v) is 5.77. The molecule has 2 aromatic carbocycles. The Labute approximate surface area is 198 Å². The van der Waals surface area contributed by atoms with E-state index >= 15 is 0 Å². The van der Waals surface area contributed by atoms with Crippen LogP contribution < -0.4 is 10.1 Å². The van der Waals surface area contributed by atoms with Crippen LogP contribution in [-0.4, -0.2) is 24.1 Å². The zero-order chi connectivity index (χ0) is 23.3. The van der Waals surface area contributed by atoms with E-state index < -0.39 is 5.60 Å². The van der Waals surface area contributed by atoms with Crippen molar-refractivity contribution in [3.63, 3.8) is 0 Å². The van der Waals surface area contributed by atoms with Gasteiger partial charge in [-0.1, -0.05) is 56.0 Å². The number of amides is 1. The van der Waals surface area contributed by atoms with Crippen molar-refractivity contribution < 1.29 is 19.1 Å². The molecular formula is C25H27Cl2NO4. The van der Waals surface area contributed by atoms with Gasteiger partial charge < -0.3 is 14.8 Å². The van der Waals surface area contributed by atoms with Gasteiger partial charge in [0.25, 0.3) is 5.91 Å². The van der Waals surface area contributed by atoms with Crippen LogP contribution >= 0.6 is 23.2 Å². The number of esters is 1. The second-order valence-corrected chi connectivity index (χ2v) is 8.57. The van der Waals surface area contributed by atoms with Gasteiger partial charge in [-0.15, -0.1) is 0 Å². The number of halogens is 2. The molecule has 5 nitrogen and oxygen atoms in total. The highest BCUT2D eigenvalue weighted by molar-refractivity contribution is 6.37. The molecule has 1 heterocycles. The zero-order valence-electron chi connectivity index (χ0n) is 18.5. The van der Waals surface area contributed by atoms with Crippen molar-refractivity contribution in [1.29, 1.82) is 0 Å². The third kappa shape index (κ3) is 5.11. The Kier molecular flexibility index (Phi) is 7.86. The molecule has 0 bridgehead atoms. The van der Waals surface area contributed by atoms with E-state index in [1.54, 1.807) is 49.4 Å². The lowest BCUT2D eigenvalue weighted by Gasteiger charge is -2.32. The summed E-state index contributed by atoms with van der Waals surface area (Å²) in [6, 6.07) is 10.4. The molecule has 170 valence electrons. The molecule has 1 aliphatic heterocycles. The predicted molar refractivity (Wildman–Crippen MR) is 129 cm³/mol. The predicted octanol–water partition coefficient (Wildman–Crippen LogP) is 6.77. The highest BCUT2D eigenvalue weighted by atomic mass is 35.5. The molecule has 0 radical (unpaired) electrons. The maximum atomic E-state index is 13.0. The Balaban J connectivity index is 2.08. The monoisotopic (exact) mass is 475 g/mol. The van der Waals surface area contributed by atoms with Gasteiger partial charge in [0.2, 0.25) is 5.60 Å². The number of ether oxygens (including phenoxy) is 2. The van der Waals surface area contributed by atoms with Crippen LogP contribution in [0.25, 0.3) is 11.6 Å². The van der Waals surface area contributed by atoms with E-state index in [2.05, 4.69) is 5.32 Å². The van der Waals surface area contributed by atoms with Crippen molar-refractivity contribution in [1.82, 2.24) is 0 Å². The number of hydrogen-bond donors (Lipinski definition) is 1. The van der Waals surface area contributed by atoms with Gasteiger partial charge in [0.1, 0.15) is 5.75 Å². The van der Waals surface area contributed by atoms with Crippen LogP contribution in [0.2, 0.25) is 10.0 Å². The Hall–Kier alpha value is -2.50. The first-order chi connectivity index (χ1) is 15.3. The zero-order valence-corrected chi connectivity index (χ0v) is 20.0. The van der Waals surface area contributed by atoms with Gasteiger partial charge in [0, 0.05) is 26.7 Å². The summed E-state index contributed by atoms with van der Waals surface area (Å²) < 4.78 is 11.8. The number of anilines is 1. The number of carbonyl (C=O) groups excluding carboxylic acids is 2. The van der Waals surface area contributed by atoms with Crippen molar-refractivity contribution in [3.05, 3.63) is 57.6 Å². The number of hydrogen-bond acceptors (Lipinski definition) is 4. The highest BCUT2D eigenvalue weighted by Gasteiger charge is 2.41. The molecule has 32 heavy (non-hydrogen) atoms. The molecule has 1 aliphatic rings. The number of benzene rings is 2. The fraction of sp³-hybridized carbons (Fsp3) is 0.360. The molecule has 0 fully saturated rings. The van der Waals surface area contributed by atoms with E-state index in [4.69, 9.17) is 32.7 Å². The summed E-state index contributed by atoms with van der Waals surface area (Å²) in [7, 11) is 0. The van der Waals surface area contributed by atoms with Gasteiger partial charge in [-0.05, 0) is 56.2 Å². The lowest BCUT2D eigenvalue weighted by molar-refractivity contribution is -0.163. The van der Waals surface area contributed by atoms with Crippen LogP contribution in [0.3, 0.4) is 0 Å². The van der Waals surface area contributed by atoms with Crippen LogP contribution in [0.4, 0.5) is 5.69 Å². The lowest BCUT2D eigenvalue weighted by Crippen LogP contribution is -2.46. The molecule has 0 aliphatic carbocycles. The van der Waals surface area contributed by atoms with E-state index in [-0.39, 0.29) is 18.5 Å². The quantitative estimate of drug-likeness (QED) is 0.321. The van der Waals surface area contributed by atoms with Crippen LogP contribution in [0, 0.1) is 0 Å². The van der Waals surface area contributed by atoms with Gasteiger partial charge in [-0.3, -0.25) is 4.79 Å². The maximum Gasteiger partial charge on any atom is 0.350 e. The first kappa shape index (κ1) is 24.1. The molecular weight excluding hydrogens is 449 g/mol. The molecule has 1 amide bonds. The largest absolute Gasteiger partial charge is 0.475 e. The van der Waals surface area contributed by atoms with Crippen LogP contribution in [0.5, 0.6) is 5.75 Å². The standard InChI is InChI=1S/C25H27Cl2NO4/c1-4-11-25(12-5-2,24(30)31-6-3)32-22-10-8-17(26)13-16(22)14-20-19-9-7-18(27)15-21(19)28-23(20)29/h7-10,13-15H,4-6,11-12H2,1-3H3,(H,28,29). The number of fused-ring (bicyclic) bond motifs is 1. The average molecular weight is 476 g/mol. The minimum Gasteiger partial charge on any atom is -0.475 e. The first-order valence-electron chi connectivity index (χ1n) is 10.8. The molecule has 3 rings (SSSR count). The second kappa shape index (κ2) is 10.4. The topological polar surface area (TPSA) is 64.6 Å². The van der Waals surface area contributed by atoms with Crippen molar-refractivity contribution in [2.45, 2.75) is 52.1 Å². The Morgan fingerprint density at radius 1 is 1.03 bits per heavy atom. The third-order valence-electron chi connectivity index (χ3n) is 5.30. The van der Waals surface area contributed by atoms with Gasteiger partial charge in [-0.2, -0.15) is 0 Å². The summed E-state index contributed by atoms with van der Waals surface area (Å²) in [6.07, 6.45) is 4.25. The molecule has 0 spiro atoms. The molecule has 0 atom stereocenters. The molecule has 2 aromatic rings. The minimum absolute atomic E-state index is 0.244. The number of rotatable bonds is 9. The highest BCUT2D eigenvalue weighted by Crippen LogP contribution is 2.38. The summed E-state index contributed by atoms with van der Waals surface area (Å²) in [5.41, 5.74) is 1.35. The maximum absolute atomic E-state index is 13.0. The van der Waals surface area contributed by atoms with E-state index in [9.17, 15) is 9.59 Å². The summed E-state index contributed by atoms with van der Waals surface area (Å²) in [4.78, 5) is 25.6. The molecule has 0 unspecified atom stereocenters. The molecule has 0 aromatic heterocycles. The lowest BCUT2D eigenvalue weighted by atomic mass is 9.92. The molecule has 7 heteroatoms. The van der Waals surface area contributed by atoms with Gasteiger partial charge in [-0.25, -0.2) is 4.79 Å². The summed E-state index contributed by atoms with van der Waals surface area (Å²) in [6.45, 7) is 6.06. The smallest absolute Gasteiger partial charge is 0.350 e. The SMILES string of the molecule is CCCC(CCC)(Oc1ccc(Cl)cc1C=C1C(=O)Nc2cc(Cl)ccc21)C(=O)OCC. The summed E-state index contributed by atoms with van der Waals surface area (Å²) in [5, 5.41) is 3.86. The Morgan fingerprint density at radius 3 is 2.34 bits per heavy atom. The fourth-order valence-electron chi connectivity index (χ4n) is 3.94. The van der Waals surface area contributed by atoms with Crippen molar-refractivity contribution in [2.75, 3.05) is 11.9 Å². The van der Waals surface area contributed by atoms with E-state index in [0.29, 0.717) is 45.5 Å². The number of carbonyl (C=O) groups is 2. The van der Waals surface area contributed by atoms with E-state index in [1.165, 1.54) is 0 Å². The Morgan fingerprint density at radius 2 is 1.69 bits per heavy atom. The van der Waals surface area contributed by atoms with Gasteiger partial charge in [0.05, 0.1) is 12.3 Å². The van der Waals surface area contributed by atoms with Crippen molar-refractivity contribution in [2.24, 2.45) is 0 Å². The summed E-state index contributed by atoms with van der Waals surface area (Å²) >= 11 is 12.3. The minimum atomic E-state index is -1.11. The van der Waals surface area contributed by atoms with Crippen LogP contribution in [0.1, 0.15) is 57.6 Å². The first-order valence-corrected chi connectivity index (χ1v) is 11.6. The average Bonchev–Trinajstić information content (AvgIpc) is 3.04. The van der Waals surface area contributed by atoms with Gasteiger partial charge >= 0.3 is 5.97 Å². The normalized spacial score (nSPS) is 14.3. The second-order valence-electron chi connectivity index (χ2n) is 7.70. The fourth-order valence-corrected chi connectivity index (χ4v) is 4.30.